The van der Waals surface area contributed by atoms with E-state index in [2.05, 4.69) is 4.98 Å². The van der Waals surface area contributed by atoms with E-state index >= 15 is 0 Å². The van der Waals surface area contributed by atoms with Crippen LogP contribution in [0.4, 0.5) is 8.78 Å². The van der Waals surface area contributed by atoms with Gasteiger partial charge in [0, 0.05) is 17.3 Å². The van der Waals surface area contributed by atoms with Gasteiger partial charge < -0.3 is 4.74 Å². The summed E-state index contributed by atoms with van der Waals surface area (Å²) in [5, 5.41) is 0. The number of halogens is 2. The molecule has 0 aliphatic rings. The summed E-state index contributed by atoms with van der Waals surface area (Å²) in [7, 11) is 1.39. The zero-order valence-corrected chi connectivity index (χ0v) is 12.5. The molecule has 0 aliphatic carbocycles. The van der Waals surface area contributed by atoms with Gasteiger partial charge in [0.1, 0.15) is 5.75 Å². The minimum Gasteiger partial charge on any atom is -0.496 e. The summed E-state index contributed by atoms with van der Waals surface area (Å²) in [6.07, 6.45) is 1.64. The van der Waals surface area contributed by atoms with Gasteiger partial charge in [-0.1, -0.05) is 36.4 Å². The summed E-state index contributed by atoms with van der Waals surface area (Å²) in [5.74, 6) is -2.99. The lowest BCUT2D eigenvalue weighted by Crippen LogP contribution is -2.16. The average molecular weight is 311 g/mol. The molecule has 0 N–H and O–H groups in total. The molecule has 0 fully saturated rings. The molecule has 3 aromatic rings. The average Bonchev–Trinajstić information content (AvgIpc) is 2.62. The third-order valence-electron chi connectivity index (χ3n) is 3.63. The number of ether oxygens (including phenoxy) is 1. The third-order valence-corrected chi connectivity index (χ3v) is 3.63. The molecule has 0 radical (unpaired) electrons. The van der Waals surface area contributed by atoms with Crippen LogP contribution in [0.15, 0.2) is 72.9 Å². The first kappa shape index (κ1) is 15.2. The van der Waals surface area contributed by atoms with Gasteiger partial charge in [0.25, 0.3) is 0 Å². The number of nitrogens with zero attached hydrogens (tertiary/aromatic N) is 1. The highest BCUT2D eigenvalue weighted by molar-refractivity contribution is 5.61. The standard InChI is InChI=1S/C19H15F2NO/c1-23-18-11-3-2-9-16(18)19(20,21)15-8-6-7-14(13-15)17-10-4-5-12-22-17/h2-13H,1H3. The minimum absolute atomic E-state index is 0.0925. The van der Waals surface area contributed by atoms with Gasteiger partial charge >= 0.3 is 5.92 Å². The molecular weight excluding hydrogens is 296 g/mol. The van der Waals surface area contributed by atoms with E-state index in [9.17, 15) is 8.78 Å². The summed E-state index contributed by atoms with van der Waals surface area (Å²) in [5.41, 5.74) is 1.06. The number of rotatable bonds is 4. The van der Waals surface area contributed by atoms with Crippen LogP contribution in [-0.4, -0.2) is 12.1 Å². The number of hydrogen-bond acceptors (Lipinski definition) is 2. The highest BCUT2D eigenvalue weighted by atomic mass is 19.3. The molecule has 0 amide bonds. The largest absolute Gasteiger partial charge is 0.496 e. The molecule has 0 atom stereocenters. The van der Waals surface area contributed by atoms with Gasteiger partial charge in [0.15, 0.2) is 0 Å². The van der Waals surface area contributed by atoms with E-state index in [-0.39, 0.29) is 16.9 Å². The minimum atomic E-state index is -3.16. The molecule has 1 aromatic heterocycles. The van der Waals surface area contributed by atoms with E-state index in [0.717, 1.165) is 0 Å². The first-order valence-electron chi connectivity index (χ1n) is 7.16. The molecule has 0 bridgehead atoms. The molecule has 0 aliphatic heterocycles. The topological polar surface area (TPSA) is 22.1 Å². The third kappa shape index (κ3) is 2.93. The van der Waals surface area contributed by atoms with E-state index in [0.29, 0.717) is 11.3 Å². The zero-order valence-electron chi connectivity index (χ0n) is 12.5. The fraction of sp³-hybridized carbons (Fsp3) is 0.105. The van der Waals surface area contributed by atoms with Crippen molar-refractivity contribution in [1.82, 2.24) is 4.98 Å². The molecule has 2 aromatic carbocycles. The number of aromatic nitrogens is 1. The van der Waals surface area contributed by atoms with Gasteiger partial charge in [-0.05, 0) is 30.3 Å². The quantitative estimate of drug-likeness (QED) is 0.684. The fourth-order valence-electron chi connectivity index (χ4n) is 2.47. The molecule has 23 heavy (non-hydrogen) atoms. The lowest BCUT2D eigenvalue weighted by molar-refractivity contribution is 0.0402. The number of methoxy groups -OCH3 is 1. The van der Waals surface area contributed by atoms with Gasteiger partial charge in [0.05, 0.1) is 18.4 Å². The summed E-state index contributed by atoms with van der Waals surface area (Å²) in [6.45, 7) is 0. The van der Waals surface area contributed by atoms with Crippen molar-refractivity contribution in [2.24, 2.45) is 0 Å². The van der Waals surface area contributed by atoms with Crippen LogP contribution in [0.5, 0.6) is 5.75 Å². The monoisotopic (exact) mass is 311 g/mol. The number of benzene rings is 2. The van der Waals surface area contributed by atoms with Crippen molar-refractivity contribution in [3.05, 3.63) is 84.1 Å². The van der Waals surface area contributed by atoms with Gasteiger partial charge in [-0.15, -0.1) is 0 Å². The Balaban J connectivity index is 2.07. The first-order valence-corrected chi connectivity index (χ1v) is 7.16. The van der Waals surface area contributed by atoms with Crippen LogP contribution in [-0.2, 0) is 5.92 Å². The molecule has 0 unspecified atom stereocenters. The highest BCUT2D eigenvalue weighted by Crippen LogP contribution is 2.41. The predicted octanol–water partition coefficient (Wildman–Crippen LogP) is 4.90. The van der Waals surface area contributed by atoms with Crippen molar-refractivity contribution < 1.29 is 13.5 Å². The number of para-hydroxylation sites is 1. The Morgan fingerprint density at radius 2 is 1.70 bits per heavy atom. The SMILES string of the molecule is COc1ccccc1C(F)(F)c1cccc(-c2ccccn2)c1. The van der Waals surface area contributed by atoms with Crippen LogP contribution in [0.25, 0.3) is 11.3 Å². The summed E-state index contributed by atoms with van der Waals surface area (Å²) in [6, 6.07) is 17.8. The van der Waals surface area contributed by atoms with Crippen LogP contribution in [0.3, 0.4) is 0 Å². The maximum atomic E-state index is 14.9. The van der Waals surface area contributed by atoms with Gasteiger partial charge in [-0.25, -0.2) is 0 Å². The maximum Gasteiger partial charge on any atom is 0.302 e. The second-order valence-corrected chi connectivity index (χ2v) is 5.07. The Labute approximate surface area is 133 Å². The number of hydrogen-bond donors (Lipinski definition) is 0. The van der Waals surface area contributed by atoms with Crippen LogP contribution in [0, 0.1) is 0 Å². The van der Waals surface area contributed by atoms with Crippen LogP contribution >= 0.6 is 0 Å². The first-order chi connectivity index (χ1) is 11.1. The van der Waals surface area contributed by atoms with Gasteiger partial charge in [0.2, 0.25) is 0 Å². The number of pyridine rings is 1. The van der Waals surface area contributed by atoms with Crippen molar-refractivity contribution in [1.29, 1.82) is 0 Å². The lowest BCUT2D eigenvalue weighted by Gasteiger charge is -2.20. The van der Waals surface area contributed by atoms with E-state index < -0.39 is 5.92 Å². The van der Waals surface area contributed by atoms with E-state index in [1.807, 2.05) is 6.07 Å². The molecular formula is C19H15F2NO. The van der Waals surface area contributed by atoms with Crippen LogP contribution in [0.2, 0.25) is 0 Å². The molecule has 0 saturated heterocycles. The summed E-state index contributed by atoms with van der Waals surface area (Å²) in [4.78, 5) is 4.21. The Bertz CT molecular complexity index is 803. The molecule has 116 valence electrons. The summed E-state index contributed by atoms with van der Waals surface area (Å²) < 4.78 is 34.9. The Kier molecular flexibility index (Phi) is 4.06. The normalized spacial score (nSPS) is 11.3. The molecule has 0 spiro atoms. The molecule has 1 heterocycles. The zero-order chi connectivity index (χ0) is 16.3. The fourth-order valence-corrected chi connectivity index (χ4v) is 2.47. The van der Waals surface area contributed by atoms with Crippen molar-refractivity contribution in [3.63, 3.8) is 0 Å². The van der Waals surface area contributed by atoms with E-state index in [1.165, 1.54) is 31.4 Å². The Morgan fingerprint density at radius 1 is 0.913 bits per heavy atom. The number of alkyl halides is 2. The summed E-state index contributed by atoms with van der Waals surface area (Å²) >= 11 is 0. The van der Waals surface area contributed by atoms with Crippen molar-refractivity contribution in [2.75, 3.05) is 7.11 Å². The Hall–Kier alpha value is -2.75. The maximum absolute atomic E-state index is 14.9. The van der Waals surface area contributed by atoms with Gasteiger partial charge in [-0.3, -0.25) is 4.98 Å². The highest BCUT2D eigenvalue weighted by Gasteiger charge is 2.36. The predicted molar refractivity (Wildman–Crippen MR) is 85.7 cm³/mol. The smallest absolute Gasteiger partial charge is 0.302 e. The molecule has 3 rings (SSSR count). The second kappa shape index (κ2) is 6.16. The van der Waals surface area contributed by atoms with Crippen LogP contribution < -0.4 is 4.74 Å². The van der Waals surface area contributed by atoms with Crippen molar-refractivity contribution in [3.8, 4) is 17.0 Å². The Morgan fingerprint density at radius 3 is 2.43 bits per heavy atom. The van der Waals surface area contributed by atoms with Gasteiger partial charge in [-0.2, -0.15) is 8.78 Å². The lowest BCUT2D eigenvalue weighted by atomic mass is 9.97. The second-order valence-electron chi connectivity index (χ2n) is 5.07. The van der Waals surface area contributed by atoms with Crippen molar-refractivity contribution in [2.45, 2.75) is 5.92 Å². The van der Waals surface area contributed by atoms with E-state index in [4.69, 9.17) is 4.74 Å². The van der Waals surface area contributed by atoms with Crippen molar-refractivity contribution >= 4 is 0 Å². The van der Waals surface area contributed by atoms with Crippen LogP contribution in [0.1, 0.15) is 11.1 Å². The molecule has 0 saturated carbocycles. The van der Waals surface area contributed by atoms with E-state index in [1.54, 1.807) is 42.6 Å². The molecule has 2 nitrogen and oxygen atoms in total. The molecule has 4 heteroatoms.